The van der Waals surface area contributed by atoms with Crippen LogP contribution in [0.3, 0.4) is 0 Å². The number of ether oxygens (including phenoxy) is 3. The first-order valence-corrected chi connectivity index (χ1v) is 16.2. The highest BCUT2D eigenvalue weighted by atomic mass is 16.5. The molecule has 1 unspecified atom stereocenters. The minimum absolute atomic E-state index is 0.315. The lowest BCUT2D eigenvalue weighted by molar-refractivity contribution is 0.122. The normalized spacial score (nSPS) is 20.4. The average molecular weight is 597 g/mol. The molecule has 1 atom stereocenters. The summed E-state index contributed by atoms with van der Waals surface area (Å²) < 4.78 is 18.2. The van der Waals surface area contributed by atoms with E-state index in [0.717, 1.165) is 74.6 Å². The van der Waals surface area contributed by atoms with Gasteiger partial charge < -0.3 is 24.0 Å². The number of hydrogen-bond acceptors (Lipinski definition) is 5. The van der Waals surface area contributed by atoms with Crippen LogP contribution in [0, 0.1) is 0 Å². The van der Waals surface area contributed by atoms with E-state index in [9.17, 15) is 0 Å². The Bertz CT molecular complexity index is 2070. The van der Waals surface area contributed by atoms with Gasteiger partial charge in [-0.05, 0) is 87.7 Å². The monoisotopic (exact) mass is 596 g/mol. The molecule has 2 aliphatic carbocycles. The number of rotatable bonds is 5. The molecule has 0 saturated carbocycles. The highest BCUT2D eigenvalue weighted by molar-refractivity contribution is 5.94. The van der Waals surface area contributed by atoms with Gasteiger partial charge in [-0.25, -0.2) is 0 Å². The maximum absolute atomic E-state index is 6.75. The lowest BCUT2D eigenvalue weighted by Gasteiger charge is -2.35. The molecule has 0 bridgehead atoms. The fraction of sp³-hybridized carbons (Fsp3) is 0.300. The molecule has 0 amide bonds. The van der Waals surface area contributed by atoms with E-state index in [4.69, 9.17) is 14.2 Å². The van der Waals surface area contributed by atoms with Crippen molar-refractivity contribution >= 4 is 40.8 Å². The second-order valence-electron chi connectivity index (χ2n) is 12.8. The van der Waals surface area contributed by atoms with Crippen LogP contribution in [0.25, 0.3) is 35.1 Å². The molecule has 1 fully saturated rings. The van der Waals surface area contributed by atoms with Crippen molar-refractivity contribution in [3.05, 3.63) is 116 Å². The summed E-state index contributed by atoms with van der Waals surface area (Å²) in [5.41, 5.74) is 5.00. The molecule has 4 aromatic carbocycles. The standard InChI is InChI=1S/C40H40N2O3/c1-41(2)39-36(43-3)25-34-32-19-20-40(28-10-5-4-6-11-28,29-14-16-30(17-15-29)42-21-23-44-24-22-42)26-35(32)37-31-12-8-7-9-27(31)13-18-33(37)38(34)45-39/h4-6,9-11,13-19,25-26H,7-8,12,20-24H2,1-3H3. The zero-order valence-electron chi connectivity index (χ0n) is 26.4. The van der Waals surface area contributed by atoms with Crippen LogP contribution in [0.5, 0.6) is 5.75 Å². The molecule has 4 aliphatic rings. The van der Waals surface area contributed by atoms with E-state index in [2.05, 4.69) is 95.9 Å². The average Bonchev–Trinajstić information content (AvgIpc) is 3.11. The number of methoxy groups -OCH3 is 1. The predicted octanol–water partition coefficient (Wildman–Crippen LogP) is 4.29. The van der Waals surface area contributed by atoms with Gasteiger partial charge >= 0.3 is 0 Å². The summed E-state index contributed by atoms with van der Waals surface area (Å²) in [7, 11) is 5.73. The van der Waals surface area contributed by atoms with Crippen molar-refractivity contribution in [2.45, 2.75) is 31.1 Å². The van der Waals surface area contributed by atoms with Crippen molar-refractivity contribution < 1.29 is 14.2 Å². The van der Waals surface area contributed by atoms with Crippen LogP contribution in [-0.4, -0.2) is 52.4 Å². The van der Waals surface area contributed by atoms with Gasteiger partial charge in [-0.3, -0.25) is 0 Å². The molecule has 0 radical (unpaired) electrons. The smallest absolute Gasteiger partial charge is 0.238 e. The third-order valence-electron chi connectivity index (χ3n) is 10.1. The predicted molar refractivity (Wildman–Crippen MR) is 183 cm³/mol. The molecular formula is C40H40N2O3. The zero-order valence-corrected chi connectivity index (χ0v) is 26.4. The van der Waals surface area contributed by atoms with E-state index in [1.807, 2.05) is 19.0 Å². The number of morpholine rings is 1. The molecule has 0 spiro atoms. The molecule has 228 valence electrons. The van der Waals surface area contributed by atoms with Crippen molar-refractivity contribution in [2.75, 3.05) is 52.4 Å². The number of nitrogens with zero attached hydrogens (tertiary/aromatic N) is 2. The first kappa shape index (κ1) is 28.0. The van der Waals surface area contributed by atoms with Crippen LogP contribution in [0.15, 0.2) is 78.4 Å². The molecule has 2 aliphatic heterocycles. The van der Waals surface area contributed by atoms with Crippen LogP contribution >= 0.6 is 0 Å². The molecule has 45 heavy (non-hydrogen) atoms. The van der Waals surface area contributed by atoms with E-state index < -0.39 is 0 Å². The van der Waals surface area contributed by atoms with Gasteiger partial charge in [0.2, 0.25) is 5.88 Å². The number of aryl methyl sites for hydroxylation is 1. The largest absolute Gasteiger partial charge is 0.491 e. The summed E-state index contributed by atoms with van der Waals surface area (Å²) >= 11 is 0. The minimum atomic E-state index is -0.315. The summed E-state index contributed by atoms with van der Waals surface area (Å²) in [4.78, 5) is 4.42. The summed E-state index contributed by atoms with van der Waals surface area (Å²) in [6.45, 7) is 3.43. The fourth-order valence-electron chi connectivity index (χ4n) is 7.79. The van der Waals surface area contributed by atoms with Crippen LogP contribution in [-0.2, 0) is 21.3 Å². The summed E-state index contributed by atoms with van der Waals surface area (Å²) in [6, 6.07) is 24.9. The van der Waals surface area contributed by atoms with Gasteiger partial charge in [-0.2, -0.15) is 0 Å². The Balaban J connectivity index is 1.44. The Hall–Kier alpha value is -4.48. The molecule has 0 aromatic heterocycles. The highest BCUT2D eigenvalue weighted by Crippen LogP contribution is 2.40. The minimum Gasteiger partial charge on any atom is -0.491 e. The zero-order chi connectivity index (χ0) is 30.5. The van der Waals surface area contributed by atoms with Crippen LogP contribution in [0.4, 0.5) is 5.69 Å². The van der Waals surface area contributed by atoms with Gasteiger partial charge in [0.25, 0.3) is 0 Å². The van der Waals surface area contributed by atoms with Crippen LogP contribution in [0.2, 0.25) is 0 Å². The maximum atomic E-state index is 6.75. The fourth-order valence-corrected chi connectivity index (χ4v) is 7.79. The summed E-state index contributed by atoms with van der Waals surface area (Å²) in [6.07, 6.45) is 13.8. The van der Waals surface area contributed by atoms with Gasteiger partial charge in [0.05, 0.1) is 20.3 Å². The lowest BCUT2D eigenvalue weighted by atomic mass is 9.69. The molecule has 4 aromatic rings. The molecular weight excluding hydrogens is 556 g/mol. The third kappa shape index (κ3) is 4.55. The molecule has 2 heterocycles. The van der Waals surface area contributed by atoms with Crippen molar-refractivity contribution in [3.8, 4) is 5.75 Å². The maximum Gasteiger partial charge on any atom is 0.238 e. The van der Waals surface area contributed by atoms with E-state index in [1.165, 1.54) is 48.8 Å². The van der Waals surface area contributed by atoms with Gasteiger partial charge in [-0.1, -0.05) is 66.8 Å². The quantitative estimate of drug-likeness (QED) is 0.344. The Labute approximate surface area is 264 Å². The number of fused-ring (bicyclic) bond motifs is 8. The second kappa shape index (κ2) is 11.1. The van der Waals surface area contributed by atoms with Crippen molar-refractivity contribution in [1.29, 1.82) is 0 Å². The Morgan fingerprint density at radius 3 is 2.38 bits per heavy atom. The Morgan fingerprint density at radius 2 is 1.62 bits per heavy atom. The highest BCUT2D eigenvalue weighted by Gasteiger charge is 2.34. The topological polar surface area (TPSA) is 34.2 Å². The van der Waals surface area contributed by atoms with Crippen molar-refractivity contribution in [3.63, 3.8) is 0 Å². The number of benzene rings is 4. The van der Waals surface area contributed by atoms with Gasteiger partial charge in [0.15, 0.2) is 5.76 Å². The third-order valence-corrected chi connectivity index (χ3v) is 10.1. The number of anilines is 1. The van der Waals surface area contributed by atoms with Crippen LogP contribution < -0.4 is 30.5 Å². The van der Waals surface area contributed by atoms with Gasteiger partial charge in [0, 0.05) is 48.9 Å². The van der Waals surface area contributed by atoms with Gasteiger partial charge in [-0.15, -0.1) is 0 Å². The second-order valence-corrected chi connectivity index (χ2v) is 12.8. The van der Waals surface area contributed by atoms with E-state index in [1.54, 1.807) is 7.11 Å². The molecule has 5 heteroatoms. The first-order chi connectivity index (χ1) is 22.1. The molecule has 5 nitrogen and oxygen atoms in total. The van der Waals surface area contributed by atoms with Crippen LogP contribution in [0.1, 0.15) is 36.0 Å². The van der Waals surface area contributed by atoms with Crippen molar-refractivity contribution in [1.82, 2.24) is 4.90 Å². The first-order valence-electron chi connectivity index (χ1n) is 16.2. The molecule has 0 N–H and O–H groups in total. The summed E-state index contributed by atoms with van der Waals surface area (Å²) in [5.74, 6) is 2.40. The molecule has 1 saturated heterocycles. The van der Waals surface area contributed by atoms with E-state index >= 15 is 0 Å². The van der Waals surface area contributed by atoms with Gasteiger partial charge in [0.1, 0.15) is 5.75 Å². The SMILES string of the molecule is COC1=C(N(C)C)Oc2c(c3c(c4c5c(ccc24)=CCCC5)=CC(c2ccccc2)(c2ccc(N4CCOCC4)cc2)CC=3)=C1. The van der Waals surface area contributed by atoms with Crippen molar-refractivity contribution in [2.24, 2.45) is 0 Å². The molecule has 8 rings (SSSR count). The van der Waals surface area contributed by atoms with E-state index in [-0.39, 0.29) is 5.41 Å². The van der Waals surface area contributed by atoms with E-state index in [0.29, 0.717) is 0 Å². The summed E-state index contributed by atoms with van der Waals surface area (Å²) in [5, 5.41) is 7.48. The Kier molecular flexibility index (Phi) is 6.94. The number of hydrogen-bond donors (Lipinski definition) is 0. The lowest BCUT2D eigenvalue weighted by Crippen LogP contribution is -2.48. The number of allylic oxidation sites excluding steroid dienone is 1. The Morgan fingerprint density at radius 1 is 0.844 bits per heavy atom.